The molecule has 1 aromatic carbocycles. The van der Waals surface area contributed by atoms with Gasteiger partial charge in [-0.05, 0) is 42.8 Å². The number of fused-ring (bicyclic) bond motifs is 1. The van der Waals surface area contributed by atoms with E-state index >= 15 is 0 Å². The maximum atomic E-state index is 11.5. The molecule has 2 rings (SSSR count). The summed E-state index contributed by atoms with van der Waals surface area (Å²) in [5.41, 5.74) is 3.54. The van der Waals surface area contributed by atoms with Gasteiger partial charge in [0.2, 0.25) is 5.91 Å². The molecule has 1 aromatic rings. The van der Waals surface area contributed by atoms with Gasteiger partial charge in [0.15, 0.2) is 0 Å². The van der Waals surface area contributed by atoms with E-state index in [1.54, 1.807) is 0 Å². The number of benzene rings is 1. The Bertz CT molecular complexity index is 462. The number of carbonyl (C=O) groups is 1. The molecule has 0 atom stereocenters. The summed E-state index contributed by atoms with van der Waals surface area (Å²) in [4.78, 5) is 14.0. The van der Waals surface area contributed by atoms with Crippen LogP contribution in [0.3, 0.4) is 0 Å². The van der Waals surface area contributed by atoms with Crippen molar-refractivity contribution in [2.75, 3.05) is 37.0 Å². The van der Waals surface area contributed by atoms with Crippen molar-refractivity contribution in [2.45, 2.75) is 26.2 Å². The Morgan fingerprint density at radius 2 is 2.15 bits per heavy atom. The Hall–Kier alpha value is -1.00. The van der Waals surface area contributed by atoms with Gasteiger partial charge in [0.05, 0.1) is 6.42 Å². The van der Waals surface area contributed by atoms with Crippen LogP contribution in [0.5, 0.6) is 0 Å². The highest BCUT2D eigenvalue weighted by Crippen LogP contribution is 2.26. The van der Waals surface area contributed by atoms with Gasteiger partial charge in [-0.15, -0.1) is 0 Å². The molecule has 1 aliphatic heterocycles. The third-order valence-electron chi connectivity index (χ3n) is 3.73. The molecule has 0 bridgehead atoms. The maximum absolute atomic E-state index is 11.5. The highest BCUT2D eigenvalue weighted by Gasteiger charge is 2.20. The summed E-state index contributed by atoms with van der Waals surface area (Å²) in [5.74, 6) is 1.31. The van der Waals surface area contributed by atoms with Crippen LogP contribution < -0.4 is 5.32 Å². The van der Waals surface area contributed by atoms with Crippen LogP contribution in [0.2, 0.25) is 0 Å². The SMILES string of the molecule is CCCN(CCSC)CCc1cccc2c1CC(=O)N2. The minimum Gasteiger partial charge on any atom is -0.326 e. The average Bonchev–Trinajstić information content (AvgIpc) is 2.82. The molecular weight excluding hydrogens is 268 g/mol. The van der Waals surface area contributed by atoms with Crippen LogP contribution in [-0.2, 0) is 17.6 Å². The number of amides is 1. The van der Waals surface area contributed by atoms with E-state index in [1.165, 1.54) is 23.3 Å². The molecule has 4 heteroatoms. The second kappa shape index (κ2) is 7.70. The first-order valence-electron chi connectivity index (χ1n) is 7.36. The summed E-state index contributed by atoms with van der Waals surface area (Å²) in [6.07, 6.45) is 4.93. The topological polar surface area (TPSA) is 32.3 Å². The maximum Gasteiger partial charge on any atom is 0.228 e. The number of nitrogens with zero attached hydrogens (tertiary/aromatic N) is 1. The van der Waals surface area contributed by atoms with E-state index in [0.717, 1.165) is 31.7 Å². The molecule has 0 spiro atoms. The van der Waals surface area contributed by atoms with Gasteiger partial charge in [0, 0.05) is 24.5 Å². The van der Waals surface area contributed by atoms with Crippen molar-refractivity contribution >= 4 is 23.4 Å². The van der Waals surface area contributed by atoms with E-state index < -0.39 is 0 Å². The predicted octanol–water partition coefficient (Wildman–Crippen LogP) is 2.80. The largest absolute Gasteiger partial charge is 0.326 e. The summed E-state index contributed by atoms with van der Waals surface area (Å²) in [6, 6.07) is 6.21. The molecule has 0 saturated heterocycles. The Balaban J connectivity index is 1.96. The lowest BCUT2D eigenvalue weighted by Gasteiger charge is -2.21. The second-order valence-corrected chi connectivity index (χ2v) is 6.24. The molecule has 1 aliphatic rings. The van der Waals surface area contributed by atoms with Gasteiger partial charge in [-0.3, -0.25) is 4.79 Å². The zero-order valence-corrected chi connectivity index (χ0v) is 13.3. The van der Waals surface area contributed by atoms with Gasteiger partial charge < -0.3 is 10.2 Å². The summed E-state index contributed by atoms with van der Waals surface area (Å²) in [5, 5.41) is 2.93. The second-order valence-electron chi connectivity index (χ2n) is 5.25. The summed E-state index contributed by atoms with van der Waals surface area (Å²) < 4.78 is 0. The van der Waals surface area contributed by atoms with Gasteiger partial charge in [-0.2, -0.15) is 11.8 Å². The lowest BCUT2D eigenvalue weighted by atomic mass is 10.0. The van der Waals surface area contributed by atoms with Gasteiger partial charge in [0.25, 0.3) is 0 Å². The van der Waals surface area contributed by atoms with Gasteiger partial charge in [0.1, 0.15) is 0 Å². The minimum atomic E-state index is 0.125. The fourth-order valence-corrected chi connectivity index (χ4v) is 3.14. The van der Waals surface area contributed by atoms with Gasteiger partial charge in [-0.1, -0.05) is 19.1 Å². The summed E-state index contributed by atoms with van der Waals surface area (Å²) >= 11 is 1.90. The molecule has 0 fully saturated rings. The molecule has 3 nitrogen and oxygen atoms in total. The van der Waals surface area contributed by atoms with E-state index in [2.05, 4.69) is 29.5 Å². The van der Waals surface area contributed by atoms with Crippen LogP contribution in [-0.4, -0.2) is 42.4 Å². The van der Waals surface area contributed by atoms with Crippen molar-refractivity contribution in [1.82, 2.24) is 4.90 Å². The Kier molecular flexibility index (Phi) is 5.92. The molecule has 1 amide bonds. The van der Waals surface area contributed by atoms with Crippen LogP contribution in [0.4, 0.5) is 5.69 Å². The molecular formula is C16H24N2OS. The van der Waals surface area contributed by atoms with Crippen molar-refractivity contribution in [3.8, 4) is 0 Å². The summed E-state index contributed by atoms with van der Waals surface area (Å²) in [6.45, 7) is 5.63. The molecule has 0 aliphatic carbocycles. The third kappa shape index (κ3) is 4.00. The molecule has 0 saturated carbocycles. The van der Waals surface area contributed by atoms with Gasteiger partial charge >= 0.3 is 0 Å². The monoisotopic (exact) mass is 292 g/mol. The first-order chi connectivity index (χ1) is 9.74. The Labute approximate surface area is 126 Å². The van der Waals surface area contributed by atoms with Crippen molar-refractivity contribution in [3.63, 3.8) is 0 Å². The number of nitrogens with one attached hydrogen (secondary N) is 1. The third-order valence-corrected chi connectivity index (χ3v) is 4.32. The fraction of sp³-hybridized carbons (Fsp3) is 0.562. The lowest BCUT2D eigenvalue weighted by molar-refractivity contribution is -0.115. The van der Waals surface area contributed by atoms with E-state index in [4.69, 9.17) is 0 Å². The van der Waals surface area contributed by atoms with Crippen LogP contribution in [0.25, 0.3) is 0 Å². The molecule has 0 unspecified atom stereocenters. The van der Waals surface area contributed by atoms with Gasteiger partial charge in [-0.25, -0.2) is 0 Å². The molecule has 20 heavy (non-hydrogen) atoms. The number of thioether (sulfide) groups is 1. The predicted molar refractivity (Wildman–Crippen MR) is 87.6 cm³/mol. The normalized spacial score (nSPS) is 13.7. The van der Waals surface area contributed by atoms with Crippen LogP contribution in [0, 0.1) is 0 Å². The van der Waals surface area contributed by atoms with Crippen molar-refractivity contribution in [1.29, 1.82) is 0 Å². The quantitative estimate of drug-likeness (QED) is 0.799. The zero-order valence-electron chi connectivity index (χ0n) is 12.4. The number of hydrogen-bond donors (Lipinski definition) is 1. The fourth-order valence-electron chi connectivity index (χ4n) is 2.70. The molecule has 110 valence electrons. The molecule has 1 heterocycles. The molecule has 1 N–H and O–H groups in total. The first kappa shape index (κ1) is 15.4. The highest BCUT2D eigenvalue weighted by molar-refractivity contribution is 7.98. The van der Waals surface area contributed by atoms with E-state index in [-0.39, 0.29) is 5.91 Å². The van der Waals surface area contributed by atoms with Crippen molar-refractivity contribution in [3.05, 3.63) is 29.3 Å². The molecule has 0 aromatic heterocycles. The highest BCUT2D eigenvalue weighted by atomic mass is 32.2. The minimum absolute atomic E-state index is 0.125. The van der Waals surface area contributed by atoms with Crippen molar-refractivity contribution < 1.29 is 4.79 Å². The zero-order chi connectivity index (χ0) is 14.4. The lowest BCUT2D eigenvalue weighted by Crippen LogP contribution is -2.29. The van der Waals surface area contributed by atoms with E-state index in [9.17, 15) is 4.79 Å². The average molecular weight is 292 g/mol. The first-order valence-corrected chi connectivity index (χ1v) is 8.76. The molecule has 0 radical (unpaired) electrons. The van der Waals surface area contributed by atoms with Crippen molar-refractivity contribution in [2.24, 2.45) is 0 Å². The number of anilines is 1. The summed E-state index contributed by atoms with van der Waals surface area (Å²) in [7, 11) is 0. The van der Waals surface area contributed by atoms with Crippen LogP contribution >= 0.6 is 11.8 Å². The van der Waals surface area contributed by atoms with Crippen LogP contribution in [0.1, 0.15) is 24.5 Å². The van der Waals surface area contributed by atoms with Crippen LogP contribution in [0.15, 0.2) is 18.2 Å². The smallest absolute Gasteiger partial charge is 0.228 e. The number of hydrogen-bond acceptors (Lipinski definition) is 3. The number of carbonyl (C=O) groups excluding carboxylic acids is 1. The Morgan fingerprint density at radius 1 is 1.30 bits per heavy atom. The Morgan fingerprint density at radius 3 is 2.90 bits per heavy atom. The van der Waals surface area contributed by atoms with E-state index in [0.29, 0.717) is 6.42 Å². The number of rotatable bonds is 8. The van der Waals surface area contributed by atoms with E-state index in [1.807, 2.05) is 23.9 Å². The standard InChI is InChI=1S/C16H24N2OS/c1-3-8-18(10-11-20-2)9-7-13-5-4-6-15-14(13)12-16(19)17-15/h4-6H,3,7-12H2,1-2H3,(H,17,19).